The molecular weight excluding hydrogens is 338 g/mol. The van der Waals surface area contributed by atoms with Crippen LogP contribution in [0.4, 0.5) is 0 Å². The maximum Gasteiger partial charge on any atom is 0.257 e. The lowest BCUT2D eigenvalue weighted by Gasteiger charge is -2.31. The molecular formula is C22H25N3O2. The van der Waals surface area contributed by atoms with E-state index in [0.717, 1.165) is 44.7 Å². The lowest BCUT2D eigenvalue weighted by atomic mass is 9.93. The van der Waals surface area contributed by atoms with Crippen LogP contribution in [0.25, 0.3) is 0 Å². The van der Waals surface area contributed by atoms with Crippen LogP contribution < -0.4 is 0 Å². The average Bonchev–Trinajstić information content (AvgIpc) is 3.35. The molecule has 0 saturated carbocycles. The van der Waals surface area contributed by atoms with Crippen molar-refractivity contribution in [2.45, 2.75) is 32.7 Å². The van der Waals surface area contributed by atoms with E-state index in [9.17, 15) is 4.79 Å². The molecule has 0 aliphatic carbocycles. The molecule has 5 heteroatoms. The molecule has 0 radical (unpaired) electrons. The van der Waals surface area contributed by atoms with E-state index >= 15 is 0 Å². The average molecular weight is 363 g/mol. The van der Waals surface area contributed by atoms with Crippen LogP contribution in [0.2, 0.25) is 0 Å². The number of hydrogen-bond acceptors (Lipinski definition) is 3. The number of likely N-dealkylation sites (tertiary alicyclic amines) is 1. The first-order chi connectivity index (χ1) is 13.2. The molecule has 1 aliphatic rings. The highest BCUT2D eigenvalue weighted by Gasteiger charge is 2.25. The molecule has 4 rings (SSSR count). The van der Waals surface area contributed by atoms with Gasteiger partial charge in [-0.25, -0.2) is 4.98 Å². The topological polar surface area (TPSA) is 51.3 Å². The van der Waals surface area contributed by atoms with E-state index in [1.165, 1.54) is 17.5 Å². The smallest absolute Gasteiger partial charge is 0.257 e. The van der Waals surface area contributed by atoms with Crippen LogP contribution in [0.1, 0.15) is 40.3 Å². The Morgan fingerprint density at radius 1 is 1.19 bits per heavy atom. The summed E-state index contributed by atoms with van der Waals surface area (Å²) >= 11 is 0. The fourth-order valence-electron chi connectivity index (χ4n) is 3.82. The van der Waals surface area contributed by atoms with Crippen molar-refractivity contribution in [2.75, 3.05) is 13.1 Å². The van der Waals surface area contributed by atoms with E-state index < -0.39 is 0 Å². The number of nitrogens with zero attached hydrogens (tertiary/aromatic N) is 3. The standard InChI is InChI=1S/C22H25N3O2/c1-17-14-23-21(25(17)15-19-5-3-2-4-6-19)13-18-7-10-24(11-8-18)22(26)20-9-12-27-16-20/h2-6,9,12,14,16,18H,7-8,10-11,13,15H2,1H3. The van der Waals surface area contributed by atoms with Gasteiger partial charge < -0.3 is 13.9 Å². The third-order valence-electron chi connectivity index (χ3n) is 5.46. The zero-order chi connectivity index (χ0) is 18.6. The summed E-state index contributed by atoms with van der Waals surface area (Å²) in [5.74, 6) is 1.79. The van der Waals surface area contributed by atoms with Crippen LogP contribution in [0.5, 0.6) is 0 Å². The molecule has 0 unspecified atom stereocenters. The first-order valence-corrected chi connectivity index (χ1v) is 9.57. The van der Waals surface area contributed by atoms with Gasteiger partial charge in [-0.05, 0) is 37.3 Å². The highest BCUT2D eigenvalue weighted by atomic mass is 16.3. The quantitative estimate of drug-likeness (QED) is 0.690. The minimum Gasteiger partial charge on any atom is -0.472 e. The Morgan fingerprint density at radius 2 is 1.96 bits per heavy atom. The van der Waals surface area contributed by atoms with Gasteiger partial charge in [0.25, 0.3) is 5.91 Å². The van der Waals surface area contributed by atoms with E-state index in [1.54, 1.807) is 12.3 Å². The van der Waals surface area contributed by atoms with Gasteiger partial charge in [-0.3, -0.25) is 4.79 Å². The number of aryl methyl sites for hydroxylation is 1. The molecule has 140 valence electrons. The van der Waals surface area contributed by atoms with E-state index in [4.69, 9.17) is 4.42 Å². The number of aromatic nitrogens is 2. The van der Waals surface area contributed by atoms with Gasteiger partial charge in [0, 0.05) is 37.9 Å². The molecule has 0 bridgehead atoms. The Balaban J connectivity index is 1.38. The third-order valence-corrected chi connectivity index (χ3v) is 5.46. The van der Waals surface area contributed by atoms with Crippen LogP contribution in [0.3, 0.4) is 0 Å². The first-order valence-electron chi connectivity index (χ1n) is 9.57. The summed E-state index contributed by atoms with van der Waals surface area (Å²) < 4.78 is 7.35. The fourth-order valence-corrected chi connectivity index (χ4v) is 3.82. The summed E-state index contributed by atoms with van der Waals surface area (Å²) in [5, 5.41) is 0. The van der Waals surface area contributed by atoms with E-state index in [-0.39, 0.29) is 5.91 Å². The number of imidazole rings is 1. The molecule has 0 N–H and O–H groups in total. The Kier molecular flexibility index (Phi) is 5.10. The van der Waals surface area contributed by atoms with Gasteiger partial charge >= 0.3 is 0 Å². The van der Waals surface area contributed by atoms with Gasteiger partial charge in [0.1, 0.15) is 12.1 Å². The van der Waals surface area contributed by atoms with E-state index in [1.807, 2.05) is 17.2 Å². The van der Waals surface area contributed by atoms with E-state index in [0.29, 0.717) is 11.5 Å². The number of carbonyl (C=O) groups is 1. The monoisotopic (exact) mass is 363 g/mol. The second-order valence-electron chi connectivity index (χ2n) is 7.34. The molecule has 1 aromatic carbocycles. The van der Waals surface area contributed by atoms with Crippen molar-refractivity contribution < 1.29 is 9.21 Å². The minimum absolute atomic E-state index is 0.0728. The van der Waals surface area contributed by atoms with Crippen molar-refractivity contribution in [3.05, 3.63) is 77.8 Å². The Morgan fingerprint density at radius 3 is 2.67 bits per heavy atom. The third kappa shape index (κ3) is 3.97. The Labute approximate surface area is 159 Å². The molecule has 0 spiro atoms. The maximum atomic E-state index is 12.4. The molecule has 3 aromatic rings. The zero-order valence-corrected chi connectivity index (χ0v) is 15.7. The number of carbonyl (C=O) groups excluding carboxylic acids is 1. The molecule has 1 fully saturated rings. The molecule has 27 heavy (non-hydrogen) atoms. The van der Waals surface area contributed by atoms with Crippen LogP contribution in [-0.4, -0.2) is 33.4 Å². The normalized spacial score (nSPS) is 15.2. The van der Waals surface area contributed by atoms with Gasteiger partial charge in [0.05, 0.1) is 11.8 Å². The molecule has 1 amide bonds. The van der Waals surface area contributed by atoms with Crippen molar-refractivity contribution in [2.24, 2.45) is 5.92 Å². The number of hydrogen-bond donors (Lipinski definition) is 0. The number of benzene rings is 1. The van der Waals surface area contributed by atoms with Gasteiger partial charge in [0.15, 0.2) is 0 Å². The van der Waals surface area contributed by atoms with E-state index in [2.05, 4.69) is 40.7 Å². The fraction of sp³-hybridized carbons (Fsp3) is 0.364. The maximum absolute atomic E-state index is 12.4. The minimum atomic E-state index is 0.0728. The van der Waals surface area contributed by atoms with Crippen molar-refractivity contribution in [1.29, 1.82) is 0 Å². The summed E-state index contributed by atoms with van der Waals surface area (Å²) in [7, 11) is 0. The summed E-state index contributed by atoms with van der Waals surface area (Å²) in [5.41, 5.74) is 3.13. The summed E-state index contributed by atoms with van der Waals surface area (Å²) in [6, 6.07) is 12.2. The molecule has 2 aromatic heterocycles. The predicted molar refractivity (Wildman–Crippen MR) is 104 cm³/mol. The second-order valence-corrected chi connectivity index (χ2v) is 7.34. The molecule has 1 saturated heterocycles. The molecule has 0 atom stereocenters. The summed E-state index contributed by atoms with van der Waals surface area (Å²) in [4.78, 5) is 19.0. The molecule has 5 nitrogen and oxygen atoms in total. The van der Waals surface area contributed by atoms with Crippen molar-refractivity contribution in [3.63, 3.8) is 0 Å². The SMILES string of the molecule is Cc1cnc(CC2CCN(C(=O)c3ccoc3)CC2)n1Cc1ccccc1. The van der Waals surface area contributed by atoms with Crippen molar-refractivity contribution >= 4 is 5.91 Å². The Bertz CT molecular complexity index is 876. The van der Waals surface area contributed by atoms with Crippen LogP contribution >= 0.6 is 0 Å². The molecule has 1 aliphatic heterocycles. The second kappa shape index (κ2) is 7.82. The van der Waals surface area contributed by atoms with Gasteiger partial charge in [-0.2, -0.15) is 0 Å². The summed E-state index contributed by atoms with van der Waals surface area (Å²) in [6.45, 7) is 4.57. The van der Waals surface area contributed by atoms with Crippen molar-refractivity contribution in [1.82, 2.24) is 14.5 Å². The van der Waals surface area contributed by atoms with Crippen molar-refractivity contribution in [3.8, 4) is 0 Å². The number of rotatable bonds is 5. The molecule has 3 heterocycles. The largest absolute Gasteiger partial charge is 0.472 e. The number of furan rings is 1. The van der Waals surface area contributed by atoms with Gasteiger partial charge in [0.2, 0.25) is 0 Å². The van der Waals surface area contributed by atoms with Gasteiger partial charge in [-0.1, -0.05) is 30.3 Å². The highest BCUT2D eigenvalue weighted by molar-refractivity contribution is 5.93. The van der Waals surface area contributed by atoms with Crippen LogP contribution in [0, 0.1) is 12.8 Å². The number of amides is 1. The van der Waals surface area contributed by atoms with Gasteiger partial charge in [-0.15, -0.1) is 0 Å². The predicted octanol–water partition coefficient (Wildman–Crippen LogP) is 3.93. The zero-order valence-electron chi connectivity index (χ0n) is 15.7. The lowest BCUT2D eigenvalue weighted by Crippen LogP contribution is -2.39. The number of piperidine rings is 1. The van der Waals surface area contributed by atoms with Crippen LogP contribution in [-0.2, 0) is 13.0 Å². The summed E-state index contributed by atoms with van der Waals surface area (Å²) in [6.07, 6.45) is 8.04. The van der Waals surface area contributed by atoms with Crippen LogP contribution in [0.15, 0.2) is 59.5 Å². The lowest BCUT2D eigenvalue weighted by molar-refractivity contribution is 0.0689. The Hall–Kier alpha value is -2.82. The highest BCUT2D eigenvalue weighted by Crippen LogP contribution is 2.23. The first kappa shape index (κ1) is 17.6.